The number of piperidine rings is 1. The van der Waals surface area contributed by atoms with Crippen molar-refractivity contribution in [1.29, 1.82) is 0 Å². The second kappa shape index (κ2) is 4.73. The van der Waals surface area contributed by atoms with Crippen molar-refractivity contribution in [2.24, 2.45) is 5.92 Å². The van der Waals surface area contributed by atoms with Gasteiger partial charge >= 0.3 is 0 Å². The zero-order valence-electron chi connectivity index (χ0n) is 9.70. The van der Waals surface area contributed by atoms with Gasteiger partial charge in [0.2, 0.25) is 5.91 Å². The van der Waals surface area contributed by atoms with Gasteiger partial charge in [-0.3, -0.25) is 14.9 Å². The third-order valence-electron chi connectivity index (χ3n) is 3.39. The summed E-state index contributed by atoms with van der Waals surface area (Å²) in [5.41, 5.74) is -0.795. The van der Waals surface area contributed by atoms with Crippen molar-refractivity contribution in [3.63, 3.8) is 0 Å². The van der Waals surface area contributed by atoms with E-state index in [0.717, 1.165) is 0 Å². The average Bonchev–Trinajstić information content (AvgIpc) is 2.40. The van der Waals surface area contributed by atoms with Crippen LogP contribution in [0, 0.1) is 16.0 Å². The SMILES string of the molecule is O=C1NCC(c2ccccc2)([N+](=O)[O-])CC1CO. The minimum atomic E-state index is -1.34. The van der Waals surface area contributed by atoms with Crippen LogP contribution in [0.5, 0.6) is 0 Å². The van der Waals surface area contributed by atoms with Gasteiger partial charge in [-0.1, -0.05) is 30.3 Å². The molecule has 0 aromatic heterocycles. The van der Waals surface area contributed by atoms with Gasteiger partial charge in [-0.15, -0.1) is 0 Å². The van der Waals surface area contributed by atoms with Crippen molar-refractivity contribution in [2.45, 2.75) is 12.0 Å². The molecule has 2 unspecified atom stereocenters. The van der Waals surface area contributed by atoms with Crippen LogP contribution in [0.2, 0.25) is 0 Å². The van der Waals surface area contributed by atoms with Crippen LogP contribution in [0.25, 0.3) is 0 Å². The van der Waals surface area contributed by atoms with Gasteiger partial charge in [0, 0.05) is 16.9 Å². The van der Waals surface area contributed by atoms with Crippen molar-refractivity contribution < 1.29 is 14.8 Å². The Morgan fingerprint density at radius 3 is 2.67 bits per heavy atom. The number of carbonyl (C=O) groups excluding carboxylic acids is 1. The molecular formula is C12H14N2O4. The number of nitrogens with one attached hydrogen (secondary N) is 1. The van der Waals surface area contributed by atoms with Crippen molar-refractivity contribution in [3.8, 4) is 0 Å². The first-order valence-electron chi connectivity index (χ1n) is 5.69. The van der Waals surface area contributed by atoms with Crippen molar-refractivity contribution in [2.75, 3.05) is 13.2 Å². The molecule has 6 heteroatoms. The summed E-state index contributed by atoms with van der Waals surface area (Å²) in [6.07, 6.45) is 0.0202. The molecule has 0 bridgehead atoms. The third-order valence-corrected chi connectivity index (χ3v) is 3.39. The lowest BCUT2D eigenvalue weighted by Crippen LogP contribution is -2.55. The molecular weight excluding hydrogens is 236 g/mol. The fraction of sp³-hybridized carbons (Fsp3) is 0.417. The van der Waals surface area contributed by atoms with E-state index in [1.165, 1.54) is 0 Å². The first-order chi connectivity index (χ1) is 8.60. The standard InChI is InChI=1S/C12H14N2O4/c15-7-9-6-12(14(17)18,8-13-11(9)16)10-4-2-1-3-5-10/h1-5,9,15H,6-8H2,(H,13,16). The van der Waals surface area contributed by atoms with Crippen LogP contribution < -0.4 is 5.32 Å². The lowest BCUT2D eigenvalue weighted by atomic mass is 9.79. The van der Waals surface area contributed by atoms with Crippen LogP contribution in [-0.2, 0) is 10.3 Å². The predicted octanol–water partition coefficient (Wildman–Crippen LogP) is 0.287. The lowest BCUT2D eigenvalue weighted by Gasteiger charge is -2.33. The van der Waals surface area contributed by atoms with Gasteiger partial charge < -0.3 is 10.4 Å². The third kappa shape index (κ3) is 1.95. The van der Waals surface area contributed by atoms with Crippen molar-refractivity contribution >= 4 is 5.91 Å². The molecule has 1 saturated heterocycles. The van der Waals surface area contributed by atoms with Crippen molar-refractivity contribution in [3.05, 3.63) is 46.0 Å². The van der Waals surface area contributed by atoms with Gasteiger partial charge in [-0.05, 0) is 0 Å². The minimum absolute atomic E-state index is 0.0202. The summed E-state index contributed by atoms with van der Waals surface area (Å²) in [6.45, 7) is -0.423. The molecule has 1 fully saturated rings. The Bertz CT molecular complexity index is 462. The number of benzene rings is 1. The van der Waals surface area contributed by atoms with Gasteiger partial charge in [0.05, 0.1) is 19.1 Å². The molecule has 6 nitrogen and oxygen atoms in total. The minimum Gasteiger partial charge on any atom is -0.396 e. The summed E-state index contributed by atoms with van der Waals surface area (Å²) in [7, 11) is 0. The van der Waals surface area contributed by atoms with Gasteiger partial charge in [-0.2, -0.15) is 0 Å². The van der Waals surface area contributed by atoms with E-state index >= 15 is 0 Å². The summed E-state index contributed by atoms with van der Waals surface area (Å²) in [6, 6.07) is 8.58. The molecule has 1 aliphatic heterocycles. The highest BCUT2D eigenvalue weighted by Gasteiger charge is 2.51. The summed E-state index contributed by atoms with van der Waals surface area (Å²) in [5.74, 6) is -1.06. The number of aliphatic hydroxyl groups is 1. The van der Waals surface area contributed by atoms with Crippen LogP contribution in [0.1, 0.15) is 12.0 Å². The van der Waals surface area contributed by atoms with Crippen LogP contribution in [-0.4, -0.2) is 29.1 Å². The maximum atomic E-state index is 11.5. The summed E-state index contributed by atoms with van der Waals surface area (Å²) in [5, 5.41) is 23.1. The van der Waals surface area contributed by atoms with Gasteiger partial charge in [0.1, 0.15) is 0 Å². The van der Waals surface area contributed by atoms with Gasteiger partial charge in [0.25, 0.3) is 5.54 Å². The number of nitrogens with zero attached hydrogens (tertiary/aromatic N) is 1. The van der Waals surface area contributed by atoms with E-state index in [9.17, 15) is 14.9 Å². The topological polar surface area (TPSA) is 92.5 Å². The zero-order chi connectivity index (χ0) is 13.2. The first-order valence-corrected chi connectivity index (χ1v) is 5.69. The normalized spacial score (nSPS) is 27.6. The van der Waals surface area contributed by atoms with E-state index in [2.05, 4.69) is 5.32 Å². The van der Waals surface area contributed by atoms with E-state index in [4.69, 9.17) is 5.11 Å². The predicted molar refractivity (Wildman–Crippen MR) is 63.3 cm³/mol. The molecule has 18 heavy (non-hydrogen) atoms. The van der Waals surface area contributed by atoms with E-state index in [1.807, 2.05) is 0 Å². The molecule has 1 heterocycles. The molecule has 0 aliphatic carbocycles. The average molecular weight is 250 g/mol. The van der Waals surface area contributed by atoms with Gasteiger partial charge in [0.15, 0.2) is 0 Å². The zero-order valence-corrected chi connectivity index (χ0v) is 9.70. The molecule has 1 aromatic rings. The molecule has 0 saturated carbocycles. The second-order valence-corrected chi connectivity index (χ2v) is 4.46. The molecule has 0 spiro atoms. The maximum absolute atomic E-state index is 11.5. The van der Waals surface area contributed by atoms with Crippen molar-refractivity contribution in [1.82, 2.24) is 5.32 Å². The quantitative estimate of drug-likeness (QED) is 0.595. The molecule has 1 aromatic carbocycles. The number of aliphatic hydroxyl groups excluding tert-OH is 1. The summed E-state index contributed by atoms with van der Waals surface area (Å²) in [4.78, 5) is 22.5. The summed E-state index contributed by atoms with van der Waals surface area (Å²) >= 11 is 0. The Morgan fingerprint density at radius 2 is 2.11 bits per heavy atom. The monoisotopic (exact) mass is 250 g/mol. The number of hydrogen-bond acceptors (Lipinski definition) is 4. The Hall–Kier alpha value is -1.95. The second-order valence-electron chi connectivity index (χ2n) is 4.46. The summed E-state index contributed by atoms with van der Waals surface area (Å²) < 4.78 is 0. The van der Waals surface area contributed by atoms with E-state index in [-0.39, 0.29) is 30.4 Å². The molecule has 2 rings (SSSR count). The number of amides is 1. The Morgan fingerprint density at radius 1 is 1.44 bits per heavy atom. The number of nitro groups is 1. The van der Waals surface area contributed by atoms with E-state index in [1.54, 1.807) is 30.3 Å². The molecule has 0 radical (unpaired) electrons. The fourth-order valence-electron chi connectivity index (χ4n) is 2.31. The highest BCUT2D eigenvalue weighted by Crippen LogP contribution is 2.34. The highest BCUT2D eigenvalue weighted by atomic mass is 16.6. The Balaban J connectivity index is 2.40. The Labute approximate surface area is 104 Å². The molecule has 1 aliphatic rings. The van der Waals surface area contributed by atoms with Gasteiger partial charge in [-0.25, -0.2) is 0 Å². The largest absolute Gasteiger partial charge is 0.396 e. The molecule has 2 N–H and O–H groups in total. The smallest absolute Gasteiger partial charge is 0.264 e. The van der Waals surface area contributed by atoms with Crippen LogP contribution >= 0.6 is 0 Å². The van der Waals surface area contributed by atoms with Crippen LogP contribution in [0.3, 0.4) is 0 Å². The van der Waals surface area contributed by atoms with Crippen LogP contribution in [0.4, 0.5) is 0 Å². The van der Waals surface area contributed by atoms with E-state index in [0.29, 0.717) is 5.56 Å². The Kier molecular flexibility index (Phi) is 3.29. The number of rotatable bonds is 3. The molecule has 2 atom stereocenters. The van der Waals surface area contributed by atoms with Crippen LogP contribution in [0.15, 0.2) is 30.3 Å². The number of hydrogen-bond donors (Lipinski definition) is 2. The molecule has 96 valence electrons. The molecule has 1 amide bonds. The first kappa shape index (κ1) is 12.5. The lowest BCUT2D eigenvalue weighted by molar-refractivity contribution is -0.581. The fourth-order valence-corrected chi connectivity index (χ4v) is 2.31. The number of carbonyl (C=O) groups is 1. The van der Waals surface area contributed by atoms with E-state index < -0.39 is 11.5 Å². The maximum Gasteiger partial charge on any atom is 0.264 e. The highest BCUT2D eigenvalue weighted by molar-refractivity contribution is 5.80.